The van der Waals surface area contributed by atoms with Gasteiger partial charge in [-0.1, -0.05) is 48.8 Å². The Balaban J connectivity index is 2.08. The first kappa shape index (κ1) is 21.5. The van der Waals surface area contributed by atoms with E-state index in [4.69, 9.17) is 33.3 Å². The van der Waals surface area contributed by atoms with Gasteiger partial charge in [0.2, 0.25) is 0 Å². The minimum atomic E-state index is -1.09. The van der Waals surface area contributed by atoms with Crippen molar-refractivity contribution in [2.75, 3.05) is 0 Å². The molecule has 2 heterocycles. The van der Waals surface area contributed by atoms with E-state index in [0.717, 1.165) is 21.2 Å². The fourth-order valence-corrected chi connectivity index (χ4v) is 4.73. The number of carboxylic acid groups (broad SMARTS) is 1. The Kier molecular flexibility index (Phi) is 7.05. The first-order chi connectivity index (χ1) is 13.8. The van der Waals surface area contributed by atoms with Crippen LogP contribution in [-0.4, -0.2) is 25.7 Å². The van der Waals surface area contributed by atoms with Gasteiger partial charge in [0.1, 0.15) is 10.9 Å². The third kappa shape index (κ3) is 5.65. The Morgan fingerprint density at radius 1 is 1.21 bits per heavy atom. The van der Waals surface area contributed by atoms with Gasteiger partial charge in [-0.2, -0.15) is 0 Å². The summed E-state index contributed by atoms with van der Waals surface area (Å²) in [4.78, 5) is 20.7. The number of hydrogen-bond acceptors (Lipinski definition) is 4. The van der Waals surface area contributed by atoms with Crippen LogP contribution in [0.4, 0.5) is 4.79 Å². The molecule has 152 valence electrons. The molecule has 9 heteroatoms. The van der Waals surface area contributed by atoms with Gasteiger partial charge in [-0.15, -0.1) is 0 Å². The second kappa shape index (κ2) is 9.52. The van der Waals surface area contributed by atoms with E-state index in [9.17, 15) is 4.79 Å². The molecule has 0 saturated carbocycles. The number of carbonyl (C=O) groups is 1. The van der Waals surface area contributed by atoms with Crippen LogP contribution in [0.2, 0.25) is 10.0 Å². The SMILES string of the molecule is CC(C)c1nc(CNC(=O)O)n(Cc2ccncc2)c1Sc1cc(Cl)cc(Cl)c1. The summed E-state index contributed by atoms with van der Waals surface area (Å²) in [6, 6.07) is 9.23. The lowest BCUT2D eigenvalue weighted by atomic mass is 10.1. The summed E-state index contributed by atoms with van der Waals surface area (Å²) in [5, 5.41) is 13.5. The number of pyridine rings is 1. The van der Waals surface area contributed by atoms with E-state index >= 15 is 0 Å². The van der Waals surface area contributed by atoms with Gasteiger partial charge in [0.25, 0.3) is 0 Å². The topological polar surface area (TPSA) is 80.0 Å². The number of aromatic nitrogens is 3. The third-order valence-corrected chi connectivity index (χ3v) is 5.64. The first-order valence-corrected chi connectivity index (χ1v) is 10.5. The van der Waals surface area contributed by atoms with Gasteiger partial charge < -0.3 is 15.0 Å². The van der Waals surface area contributed by atoms with Gasteiger partial charge in [0.05, 0.1) is 12.2 Å². The van der Waals surface area contributed by atoms with Crippen LogP contribution in [-0.2, 0) is 13.1 Å². The molecule has 0 aliphatic rings. The summed E-state index contributed by atoms with van der Waals surface area (Å²) in [5.41, 5.74) is 1.93. The Morgan fingerprint density at radius 2 is 1.86 bits per heavy atom. The zero-order chi connectivity index (χ0) is 21.0. The van der Waals surface area contributed by atoms with E-state index in [0.29, 0.717) is 22.4 Å². The zero-order valence-electron chi connectivity index (χ0n) is 15.9. The summed E-state index contributed by atoms with van der Waals surface area (Å²) < 4.78 is 2.03. The maximum atomic E-state index is 11.0. The minimum Gasteiger partial charge on any atom is -0.465 e. The quantitative estimate of drug-likeness (QED) is 0.484. The molecular formula is C20H20Cl2N4O2S. The van der Waals surface area contributed by atoms with Crippen LogP contribution in [0.15, 0.2) is 52.6 Å². The third-order valence-electron chi connectivity index (χ3n) is 4.11. The van der Waals surface area contributed by atoms with Crippen molar-refractivity contribution in [2.45, 2.75) is 42.8 Å². The lowest BCUT2D eigenvalue weighted by Gasteiger charge is -2.14. The molecule has 2 aromatic heterocycles. The second-order valence-electron chi connectivity index (χ2n) is 6.68. The minimum absolute atomic E-state index is 0.108. The van der Waals surface area contributed by atoms with Crippen molar-refractivity contribution in [1.29, 1.82) is 0 Å². The predicted octanol–water partition coefficient (Wildman–Crippen LogP) is 5.68. The van der Waals surface area contributed by atoms with Crippen molar-refractivity contribution in [3.63, 3.8) is 0 Å². The molecule has 29 heavy (non-hydrogen) atoms. The molecule has 2 N–H and O–H groups in total. The molecule has 3 aromatic rings. The van der Waals surface area contributed by atoms with E-state index < -0.39 is 6.09 Å². The predicted molar refractivity (Wildman–Crippen MR) is 115 cm³/mol. The highest BCUT2D eigenvalue weighted by Gasteiger charge is 2.21. The summed E-state index contributed by atoms with van der Waals surface area (Å²) >= 11 is 13.9. The molecule has 3 rings (SSSR count). The van der Waals surface area contributed by atoms with Crippen molar-refractivity contribution >= 4 is 41.1 Å². The van der Waals surface area contributed by atoms with Crippen LogP contribution in [0.5, 0.6) is 0 Å². The molecule has 0 aliphatic carbocycles. The normalized spacial score (nSPS) is 11.1. The summed E-state index contributed by atoms with van der Waals surface area (Å²) in [5.74, 6) is 0.790. The molecule has 0 fully saturated rings. The number of imidazole rings is 1. The average molecular weight is 451 g/mol. The lowest BCUT2D eigenvalue weighted by Crippen LogP contribution is -2.22. The fraction of sp³-hybridized carbons (Fsp3) is 0.250. The van der Waals surface area contributed by atoms with Gasteiger partial charge in [-0.25, -0.2) is 9.78 Å². The first-order valence-electron chi connectivity index (χ1n) is 8.92. The molecule has 1 amide bonds. The Labute approximate surface area is 183 Å². The van der Waals surface area contributed by atoms with Crippen molar-refractivity contribution < 1.29 is 9.90 Å². The number of hydrogen-bond donors (Lipinski definition) is 2. The van der Waals surface area contributed by atoms with Gasteiger partial charge in [0.15, 0.2) is 0 Å². The van der Waals surface area contributed by atoms with Gasteiger partial charge in [0, 0.05) is 33.9 Å². The van der Waals surface area contributed by atoms with Crippen LogP contribution in [0, 0.1) is 0 Å². The Morgan fingerprint density at radius 3 is 2.45 bits per heavy atom. The number of nitrogens with zero attached hydrogens (tertiary/aromatic N) is 3. The van der Waals surface area contributed by atoms with E-state index in [-0.39, 0.29) is 12.5 Å². The van der Waals surface area contributed by atoms with E-state index in [1.165, 1.54) is 11.8 Å². The number of amides is 1. The van der Waals surface area contributed by atoms with E-state index in [1.54, 1.807) is 18.5 Å². The molecule has 0 radical (unpaired) electrons. The molecule has 1 aromatic carbocycles. The van der Waals surface area contributed by atoms with Crippen molar-refractivity contribution in [3.05, 3.63) is 69.9 Å². The van der Waals surface area contributed by atoms with Gasteiger partial charge in [-0.3, -0.25) is 4.98 Å². The highest BCUT2D eigenvalue weighted by molar-refractivity contribution is 7.99. The van der Waals surface area contributed by atoms with Crippen LogP contribution < -0.4 is 5.32 Å². The van der Waals surface area contributed by atoms with Gasteiger partial charge >= 0.3 is 6.09 Å². The molecule has 0 unspecified atom stereocenters. The highest BCUT2D eigenvalue weighted by Crippen LogP contribution is 2.37. The largest absolute Gasteiger partial charge is 0.465 e. The average Bonchev–Trinajstić information content (AvgIpc) is 2.97. The van der Waals surface area contributed by atoms with Gasteiger partial charge in [-0.05, 0) is 41.8 Å². The number of benzene rings is 1. The molecule has 0 atom stereocenters. The standard InChI is InChI=1S/C20H20Cl2N4O2S/c1-12(2)18-19(29-16-8-14(21)7-15(22)9-16)26(11-13-3-5-23-6-4-13)17(25-18)10-24-20(27)28/h3-9,12,24H,10-11H2,1-2H3,(H,27,28). The van der Waals surface area contributed by atoms with Crippen LogP contribution in [0.25, 0.3) is 0 Å². The molecule has 0 aliphatic heterocycles. The van der Waals surface area contributed by atoms with Crippen LogP contribution in [0.1, 0.15) is 36.8 Å². The molecule has 6 nitrogen and oxygen atoms in total. The van der Waals surface area contributed by atoms with E-state index in [1.807, 2.05) is 28.8 Å². The fourth-order valence-electron chi connectivity index (χ4n) is 2.81. The lowest BCUT2D eigenvalue weighted by molar-refractivity contribution is 0.193. The number of halogens is 2. The van der Waals surface area contributed by atoms with Crippen LogP contribution >= 0.6 is 35.0 Å². The molecule has 0 spiro atoms. The monoisotopic (exact) mass is 450 g/mol. The number of nitrogens with one attached hydrogen (secondary N) is 1. The Hall–Kier alpha value is -2.22. The number of rotatable bonds is 7. The van der Waals surface area contributed by atoms with Crippen molar-refractivity contribution in [2.24, 2.45) is 0 Å². The second-order valence-corrected chi connectivity index (χ2v) is 8.62. The zero-order valence-corrected chi connectivity index (χ0v) is 18.2. The van der Waals surface area contributed by atoms with Crippen molar-refractivity contribution in [1.82, 2.24) is 19.9 Å². The molecular weight excluding hydrogens is 431 g/mol. The molecule has 0 saturated heterocycles. The summed E-state index contributed by atoms with van der Waals surface area (Å²) in [7, 11) is 0. The van der Waals surface area contributed by atoms with Crippen LogP contribution in [0.3, 0.4) is 0 Å². The Bertz CT molecular complexity index is 989. The van der Waals surface area contributed by atoms with Crippen molar-refractivity contribution in [3.8, 4) is 0 Å². The summed E-state index contributed by atoms with van der Waals surface area (Å²) in [6.45, 7) is 4.76. The van der Waals surface area contributed by atoms with E-state index in [2.05, 4.69) is 24.1 Å². The smallest absolute Gasteiger partial charge is 0.405 e. The highest BCUT2D eigenvalue weighted by atomic mass is 35.5. The maximum absolute atomic E-state index is 11.0. The molecule has 0 bridgehead atoms. The summed E-state index contributed by atoms with van der Waals surface area (Å²) in [6.07, 6.45) is 2.37. The maximum Gasteiger partial charge on any atom is 0.405 e.